The summed E-state index contributed by atoms with van der Waals surface area (Å²) in [6.07, 6.45) is 0. The van der Waals surface area contributed by atoms with Gasteiger partial charge in [0.05, 0.1) is 6.61 Å². The van der Waals surface area contributed by atoms with Crippen LogP contribution in [-0.2, 0) is 6.54 Å². The molecule has 0 spiro atoms. The highest BCUT2D eigenvalue weighted by Crippen LogP contribution is 2.20. The largest absolute Gasteiger partial charge is 0.494 e. The van der Waals surface area contributed by atoms with Crippen molar-refractivity contribution in [2.75, 3.05) is 11.9 Å². The summed E-state index contributed by atoms with van der Waals surface area (Å²) in [5, 5.41) is 3.48. The Labute approximate surface area is 121 Å². The van der Waals surface area contributed by atoms with Crippen molar-refractivity contribution >= 4 is 5.69 Å². The van der Waals surface area contributed by atoms with E-state index in [4.69, 9.17) is 4.74 Å². The normalized spacial score (nSPS) is 10.4. The van der Waals surface area contributed by atoms with Gasteiger partial charge in [-0.05, 0) is 68.7 Å². The van der Waals surface area contributed by atoms with Crippen LogP contribution in [0.4, 0.5) is 5.69 Å². The molecule has 0 unspecified atom stereocenters. The lowest BCUT2D eigenvalue weighted by Gasteiger charge is -2.13. The van der Waals surface area contributed by atoms with E-state index >= 15 is 0 Å². The van der Waals surface area contributed by atoms with Crippen LogP contribution in [0.5, 0.6) is 5.75 Å². The van der Waals surface area contributed by atoms with Gasteiger partial charge < -0.3 is 10.1 Å². The number of anilines is 1. The van der Waals surface area contributed by atoms with E-state index in [1.165, 1.54) is 22.3 Å². The smallest absolute Gasteiger partial charge is 0.119 e. The first-order valence-electron chi connectivity index (χ1n) is 7.13. The van der Waals surface area contributed by atoms with Crippen molar-refractivity contribution in [3.8, 4) is 5.75 Å². The van der Waals surface area contributed by atoms with E-state index in [9.17, 15) is 0 Å². The predicted molar refractivity (Wildman–Crippen MR) is 85.6 cm³/mol. The SMILES string of the molecule is CCOc1ccc(NCc2c(C)cc(C)cc2C)cc1. The molecule has 0 radical (unpaired) electrons. The molecule has 2 nitrogen and oxygen atoms in total. The predicted octanol–water partition coefficient (Wildman–Crippen LogP) is 4.62. The molecule has 2 aromatic rings. The number of benzene rings is 2. The monoisotopic (exact) mass is 269 g/mol. The molecular weight excluding hydrogens is 246 g/mol. The lowest BCUT2D eigenvalue weighted by molar-refractivity contribution is 0.340. The zero-order valence-corrected chi connectivity index (χ0v) is 12.8. The van der Waals surface area contributed by atoms with Crippen LogP contribution in [0.25, 0.3) is 0 Å². The van der Waals surface area contributed by atoms with Crippen LogP contribution in [0.3, 0.4) is 0 Å². The van der Waals surface area contributed by atoms with E-state index in [-0.39, 0.29) is 0 Å². The van der Waals surface area contributed by atoms with Crippen LogP contribution in [0.2, 0.25) is 0 Å². The summed E-state index contributed by atoms with van der Waals surface area (Å²) < 4.78 is 5.45. The molecule has 0 aliphatic carbocycles. The van der Waals surface area contributed by atoms with Crippen LogP contribution in [0.1, 0.15) is 29.2 Å². The molecule has 2 aromatic carbocycles. The first-order valence-corrected chi connectivity index (χ1v) is 7.13. The molecule has 20 heavy (non-hydrogen) atoms. The second-order valence-electron chi connectivity index (χ2n) is 5.19. The van der Waals surface area contributed by atoms with Gasteiger partial charge in [-0.1, -0.05) is 17.7 Å². The van der Waals surface area contributed by atoms with Crippen molar-refractivity contribution in [2.24, 2.45) is 0 Å². The molecule has 0 aromatic heterocycles. The Balaban J connectivity index is 2.05. The fourth-order valence-electron chi connectivity index (χ4n) is 2.51. The highest BCUT2D eigenvalue weighted by atomic mass is 16.5. The van der Waals surface area contributed by atoms with Gasteiger partial charge >= 0.3 is 0 Å². The standard InChI is InChI=1S/C18H23NO/c1-5-20-17-8-6-16(7-9-17)19-12-18-14(3)10-13(2)11-15(18)4/h6-11,19H,5,12H2,1-4H3. The zero-order valence-electron chi connectivity index (χ0n) is 12.8. The number of nitrogens with one attached hydrogen (secondary N) is 1. The summed E-state index contributed by atoms with van der Waals surface area (Å²) in [6.45, 7) is 10.0. The Morgan fingerprint density at radius 1 is 0.950 bits per heavy atom. The van der Waals surface area contributed by atoms with Crippen LogP contribution in [0, 0.1) is 20.8 Å². The minimum absolute atomic E-state index is 0.703. The number of aryl methyl sites for hydroxylation is 3. The van der Waals surface area contributed by atoms with Gasteiger partial charge in [-0.3, -0.25) is 0 Å². The number of hydrogen-bond donors (Lipinski definition) is 1. The lowest BCUT2D eigenvalue weighted by Crippen LogP contribution is -2.04. The van der Waals surface area contributed by atoms with Crippen LogP contribution in [0.15, 0.2) is 36.4 Å². The highest BCUT2D eigenvalue weighted by molar-refractivity contribution is 5.48. The first-order chi connectivity index (χ1) is 9.60. The summed E-state index contributed by atoms with van der Waals surface area (Å²) in [5.74, 6) is 0.917. The Hall–Kier alpha value is -1.96. The molecule has 2 heteroatoms. The van der Waals surface area contributed by atoms with Crippen LogP contribution in [-0.4, -0.2) is 6.61 Å². The number of hydrogen-bond acceptors (Lipinski definition) is 2. The van der Waals surface area contributed by atoms with Gasteiger partial charge in [0.25, 0.3) is 0 Å². The molecule has 0 aliphatic heterocycles. The minimum atomic E-state index is 0.703. The molecule has 0 atom stereocenters. The lowest BCUT2D eigenvalue weighted by atomic mass is 10.00. The average Bonchev–Trinajstić information content (AvgIpc) is 2.39. The summed E-state index contributed by atoms with van der Waals surface area (Å²) in [6, 6.07) is 12.6. The van der Waals surface area contributed by atoms with E-state index in [0.717, 1.165) is 18.0 Å². The zero-order chi connectivity index (χ0) is 14.5. The van der Waals surface area contributed by atoms with Gasteiger partial charge in [0.1, 0.15) is 5.75 Å². The van der Waals surface area contributed by atoms with E-state index in [0.29, 0.717) is 6.61 Å². The number of ether oxygens (including phenoxy) is 1. The fraction of sp³-hybridized carbons (Fsp3) is 0.333. The third-order valence-electron chi connectivity index (χ3n) is 3.47. The van der Waals surface area contributed by atoms with Gasteiger partial charge in [0.2, 0.25) is 0 Å². The Morgan fingerprint density at radius 3 is 2.10 bits per heavy atom. The molecule has 1 N–H and O–H groups in total. The van der Waals surface area contributed by atoms with Crippen molar-refractivity contribution in [2.45, 2.75) is 34.2 Å². The molecule has 2 rings (SSSR count). The molecule has 106 valence electrons. The van der Waals surface area contributed by atoms with Gasteiger partial charge in [-0.2, -0.15) is 0 Å². The second kappa shape index (κ2) is 6.47. The fourth-order valence-corrected chi connectivity index (χ4v) is 2.51. The van der Waals surface area contributed by atoms with E-state index in [1.54, 1.807) is 0 Å². The van der Waals surface area contributed by atoms with Crippen molar-refractivity contribution in [3.63, 3.8) is 0 Å². The molecule has 0 aliphatic rings. The Bertz CT molecular complexity index is 549. The van der Waals surface area contributed by atoms with Crippen molar-refractivity contribution < 1.29 is 4.74 Å². The van der Waals surface area contributed by atoms with E-state index in [1.807, 2.05) is 19.1 Å². The summed E-state index contributed by atoms with van der Waals surface area (Å²) in [7, 11) is 0. The topological polar surface area (TPSA) is 21.3 Å². The highest BCUT2D eigenvalue weighted by Gasteiger charge is 2.03. The van der Waals surface area contributed by atoms with E-state index < -0.39 is 0 Å². The Morgan fingerprint density at radius 2 is 1.55 bits per heavy atom. The van der Waals surface area contributed by atoms with Gasteiger partial charge in [0.15, 0.2) is 0 Å². The molecule has 0 saturated heterocycles. The second-order valence-corrected chi connectivity index (χ2v) is 5.19. The van der Waals surface area contributed by atoms with Gasteiger partial charge in [-0.25, -0.2) is 0 Å². The third-order valence-corrected chi connectivity index (χ3v) is 3.47. The van der Waals surface area contributed by atoms with Crippen molar-refractivity contribution in [1.29, 1.82) is 0 Å². The summed E-state index contributed by atoms with van der Waals surface area (Å²) in [4.78, 5) is 0. The first kappa shape index (κ1) is 14.4. The maximum Gasteiger partial charge on any atom is 0.119 e. The van der Waals surface area contributed by atoms with Crippen molar-refractivity contribution in [1.82, 2.24) is 0 Å². The minimum Gasteiger partial charge on any atom is -0.494 e. The molecule has 0 saturated carbocycles. The molecule has 0 bridgehead atoms. The van der Waals surface area contributed by atoms with Crippen molar-refractivity contribution in [3.05, 3.63) is 58.7 Å². The van der Waals surface area contributed by atoms with Crippen LogP contribution >= 0.6 is 0 Å². The molecule has 0 amide bonds. The quantitative estimate of drug-likeness (QED) is 0.855. The van der Waals surface area contributed by atoms with Gasteiger partial charge in [-0.15, -0.1) is 0 Å². The van der Waals surface area contributed by atoms with Gasteiger partial charge in [0, 0.05) is 12.2 Å². The maximum atomic E-state index is 5.45. The van der Waals surface area contributed by atoms with Crippen LogP contribution < -0.4 is 10.1 Å². The third kappa shape index (κ3) is 3.53. The molecule has 0 heterocycles. The summed E-state index contributed by atoms with van der Waals surface area (Å²) in [5.41, 5.74) is 6.52. The molecule has 0 fully saturated rings. The maximum absolute atomic E-state index is 5.45. The van der Waals surface area contributed by atoms with E-state index in [2.05, 4.69) is 50.4 Å². The Kier molecular flexibility index (Phi) is 4.67. The summed E-state index contributed by atoms with van der Waals surface area (Å²) >= 11 is 0. The molecular formula is C18H23NO. The average molecular weight is 269 g/mol. The number of rotatable bonds is 5.